The van der Waals surface area contributed by atoms with Gasteiger partial charge in [-0.3, -0.25) is 4.84 Å². The van der Waals surface area contributed by atoms with Gasteiger partial charge in [0.25, 0.3) is 10.0 Å². The first kappa shape index (κ1) is 13.1. The number of nitrogens with one attached hydrogen (secondary N) is 1. The maximum absolute atomic E-state index is 11.7. The van der Waals surface area contributed by atoms with Crippen molar-refractivity contribution in [2.24, 2.45) is 0 Å². The molecule has 1 atom stereocenters. The molecule has 0 aliphatic heterocycles. The molecule has 1 aromatic rings. The van der Waals surface area contributed by atoms with Crippen LogP contribution in [0.3, 0.4) is 0 Å². The lowest BCUT2D eigenvalue weighted by Crippen LogP contribution is -2.30. The van der Waals surface area contributed by atoms with E-state index in [1.807, 2.05) is 11.8 Å². The summed E-state index contributed by atoms with van der Waals surface area (Å²) >= 11 is 0. The zero-order valence-electron chi connectivity index (χ0n) is 9.21. The summed E-state index contributed by atoms with van der Waals surface area (Å²) in [5.74, 6) is 0. The number of rotatable bonds is 6. The van der Waals surface area contributed by atoms with Crippen LogP contribution in [-0.2, 0) is 19.6 Å². The standard InChI is InChI=1S/C10H15NO4S/c1-3-10(14-2)15-11-16(12,13)9-7-5-4-6-8-9/h4-8,10-11H,3H2,1-2H3. The summed E-state index contributed by atoms with van der Waals surface area (Å²) in [6.45, 7) is 1.82. The number of ether oxygens (including phenoxy) is 1. The Morgan fingerprint density at radius 1 is 1.31 bits per heavy atom. The fourth-order valence-corrected chi connectivity index (χ4v) is 1.91. The summed E-state index contributed by atoms with van der Waals surface area (Å²) in [5.41, 5.74) is 0. The summed E-state index contributed by atoms with van der Waals surface area (Å²) in [6, 6.07) is 7.99. The third-order valence-electron chi connectivity index (χ3n) is 1.94. The summed E-state index contributed by atoms with van der Waals surface area (Å²) in [5, 5.41) is 0. The van der Waals surface area contributed by atoms with Crippen LogP contribution in [0.15, 0.2) is 35.2 Å². The molecule has 0 saturated carbocycles. The normalized spacial score (nSPS) is 13.6. The van der Waals surface area contributed by atoms with E-state index < -0.39 is 16.3 Å². The fraction of sp³-hybridized carbons (Fsp3) is 0.400. The molecule has 0 bridgehead atoms. The van der Waals surface area contributed by atoms with E-state index in [9.17, 15) is 8.42 Å². The van der Waals surface area contributed by atoms with Crippen LogP contribution < -0.4 is 4.89 Å². The number of hydrogen-bond acceptors (Lipinski definition) is 4. The Morgan fingerprint density at radius 2 is 1.94 bits per heavy atom. The summed E-state index contributed by atoms with van der Waals surface area (Å²) in [6.07, 6.45) is -0.0353. The van der Waals surface area contributed by atoms with Gasteiger partial charge in [-0.25, -0.2) is 8.42 Å². The van der Waals surface area contributed by atoms with Crippen molar-refractivity contribution in [2.45, 2.75) is 24.5 Å². The van der Waals surface area contributed by atoms with E-state index in [1.54, 1.807) is 18.2 Å². The monoisotopic (exact) mass is 245 g/mol. The van der Waals surface area contributed by atoms with Crippen molar-refractivity contribution >= 4 is 10.0 Å². The number of benzene rings is 1. The molecule has 0 aliphatic carbocycles. The molecule has 6 heteroatoms. The smallest absolute Gasteiger partial charge is 0.262 e. The number of hydrogen-bond donors (Lipinski definition) is 1. The van der Waals surface area contributed by atoms with E-state index in [0.29, 0.717) is 6.42 Å². The molecule has 1 rings (SSSR count). The maximum atomic E-state index is 11.7. The predicted octanol–water partition coefficient (Wildman–Crippen LogP) is 1.28. The van der Waals surface area contributed by atoms with Gasteiger partial charge < -0.3 is 4.74 Å². The topological polar surface area (TPSA) is 64.6 Å². The molecule has 0 aliphatic rings. The van der Waals surface area contributed by atoms with Gasteiger partial charge in [-0.15, -0.1) is 0 Å². The molecule has 1 N–H and O–H groups in total. The van der Waals surface area contributed by atoms with Crippen molar-refractivity contribution in [3.05, 3.63) is 30.3 Å². The van der Waals surface area contributed by atoms with Crippen molar-refractivity contribution in [2.75, 3.05) is 7.11 Å². The van der Waals surface area contributed by atoms with Gasteiger partial charge in [0.15, 0.2) is 6.29 Å². The quantitative estimate of drug-likeness (QED) is 0.605. The molecule has 5 nitrogen and oxygen atoms in total. The Labute approximate surface area is 95.4 Å². The first-order chi connectivity index (χ1) is 7.60. The lowest BCUT2D eigenvalue weighted by Gasteiger charge is -2.14. The highest BCUT2D eigenvalue weighted by Gasteiger charge is 2.15. The molecule has 90 valence electrons. The van der Waals surface area contributed by atoms with Crippen molar-refractivity contribution in [3.8, 4) is 0 Å². The van der Waals surface area contributed by atoms with E-state index >= 15 is 0 Å². The van der Waals surface area contributed by atoms with Gasteiger partial charge in [0, 0.05) is 7.11 Å². The second-order valence-corrected chi connectivity index (χ2v) is 4.74. The maximum Gasteiger partial charge on any atom is 0.262 e. The minimum atomic E-state index is -3.63. The lowest BCUT2D eigenvalue weighted by molar-refractivity contribution is -0.144. The molecule has 1 unspecified atom stereocenters. The van der Waals surface area contributed by atoms with Crippen LogP contribution in [-0.4, -0.2) is 21.8 Å². The second kappa shape index (κ2) is 5.95. The molecule has 0 saturated heterocycles. The van der Waals surface area contributed by atoms with E-state index in [0.717, 1.165) is 0 Å². The molecule has 1 aromatic carbocycles. The van der Waals surface area contributed by atoms with E-state index in [4.69, 9.17) is 9.57 Å². The van der Waals surface area contributed by atoms with Gasteiger partial charge >= 0.3 is 0 Å². The Hall–Kier alpha value is -0.950. The minimum Gasteiger partial charge on any atom is -0.354 e. The molecule has 0 radical (unpaired) electrons. The minimum absolute atomic E-state index is 0.154. The molecule has 16 heavy (non-hydrogen) atoms. The zero-order chi connectivity index (χ0) is 12.0. The molecule has 0 spiro atoms. The number of methoxy groups -OCH3 is 1. The number of sulfonamides is 1. The Bertz CT molecular complexity index is 400. The first-order valence-electron chi connectivity index (χ1n) is 4.85. The van der Waals surface area contributed by atoms with Crippen molar-refractivity contribution in [1.82, 2.24) is 4.89 Å². The molecule has 0 amide bonds. The van der Waals surface area contributed by atoms with E-state index in [-0.39, 0.29) is 4.90 Å². The van der Waals surface area contributed by atoms with Crippen LogP contribution in [0.5, 0.6) is 0 Å². The zero-order valence-corrected chi connectivity index (χ0v) is 10.0. The second-order valence-electron chi connectivity index (χ2n) is 3.09. The van der Waals surface area contributed by atoms with Crippen LogP contribution in [0.1, 0.15) is 13.3 Å². The highest BCUT2D eigenvalue weighted by molar-refractivity contribution is 7.89. The lowest BCUT2D eigenvalue weighted by atomic mass is 10.4. The predicted molar refractivity (Wildman–Crippen MR) is 58.9 cm³/mol. The third kappa shape index (κ3) is 3.57. The SMILES string of the molecule is CCC(OC)ONS(=O)(=O)c1ccccc1. The molecule has 0 heterocycles. The Balaban J connectivity index is 2.67. The third-order valence-corrected chi connectivity index (χ3v) is 3.15. The summed E-state index contributed by atoms with van der Waals surface area (Å²) < 4.78 is 28.2. The summed E-state index contributed by atoms with van der Waals surface area (Å²) in [7, 11) is -2.18. The van der Waals surface area contributed by atoms with Gasteiger partial charge in [-0.1, -0.05) is 30.0 Å². The molecular weight excluding hydrogens is 230 g/mol. The van der Waals surface area contributed by atoms with Crippen molar-refractivity contribution in [3.63, 3.8) is 0 Å². The van der Waals surface area contributed by atoms with Gasteiger partial charge in [-0.2, -0.15) is 0 Å². The van der Waals surface area contributed by atoms with Gasteiger partial charge in [-0.05, 0) is 18.6 Å². The van der Waals surface area contributed by atoms with Crippen molar-refractivity contribution < 1.29 is 18.0 Å². The average Bonchev–Trinajstić information content (AvgIpc) is 2.31. The molecule has 0 fully saturated rings. The van der Waals surface area contributed by atoms with Crippen LogP contribution in [0.25, 0.3) is 0 Å². The summed E-state index contributed by atoms with van der Waals surface area (Å²) in [4.78, 5) is 7.08. The Morgan fingerprint density at radius 3 is 2.44 bits per heavy atom. The highest BCUT2D eigenvalue weighted by Crippen LogP contribution is 2.08. The fourth-order valence-electron chi connectivity index (χ4n) is 1.06. The molecular formula is C10H15NO4S. The average molecular weight is 245 g/mol. The van der Waals surface area contributed by atoms with Gasteiger partial charge in [0.1, 0.15) is 0 Å². The van der Waals surface area contributed by atoms with Gasteiger partial charge in [0.2, 0.25) is 0 Å². The first-order valence-corrected chi connectivity index (χ1v) is 6.33. The largest absolute Gasteiger partial charge is 0.354 e. The van der Waals surface area contributed by atoms with Gasteiger partial charge in [0.05, 0.1) is 4.90 Å². The Kier molecular flexibility index (Phi) is 4.88. The van der Waals surface area contributed by atoms with Crippen molar-refractivity contribution in [1.29, 1.82) is 0 Å². The highest BCUT2D eigenvalue weighted by atomic mass is 32.2. The van der Waals surface area contributed by atoms with E-state index in [1.165, 1.54) is 19.2 Å². The van der Waals surface area contributed by atoms with Crippen LogP contribution in [0.4, 0.5) is 0 Å². The van der Waals surface area contributed by atoms with Crippen LogP contribution in [0.2, 0.25) is 0 Å². The van der Waals surface area contributed by atoms with Crippen LogP contribution in [0, 0.1) is 0 Å². The molecule has 0 aromatic heterocycles. The van der Waals surface area contributed by atoms with Crippen LogP contribution >= 0.6 is 0 Å². The van der Waals surface area contributed by atoms with E-state index in [2.05, 4.69) is 0 Å².